The van der Waals surface area contributed by atoms with Gasteiger partial charge in [-0.1, -0.05) is 62.1 Å². The monoisotopic (exact) mass is 499 g/mol. The largest absolute Gasteiger partial charge is 0.489 e. The molecule has 0 saturated carbocycles. The van der Waals surface area contributed by atoms with E-state index >= 15 is 0 Å². The Morgan fingerprint density at radius 3 is 2.11 bits per heavy atom. The highest BCUT2D eigenvalue weighted by Crippen LogP contribution is 2.16. The first-order valence-corrected chi connectivity index (χ1v) is 15.5. The number of carbonyl (C=O) groups is 3. The molecule has 8 heteroatoms. The standard InChI is InChI=1S/C27H37NO6Si/c1-27(2,3)34-26(31)28-23(24(29)25(30)32-16-17-35(4,5)6)18-20-12-14-22(15-13-20)33-19-21-10-8-7-9-11-21/h7-15,23H,16-19H2,1-6H3,(H,28,31)/t23-/m0/s1. The molecule has 0 heterocycles. The molecule has 0 unspecified atom stereocenters. The van der Waals surface area contributed by atoms with Crippen LogP contribution in [0.3, 0.4) is 0 Å². The number of hydrogen-bond acceptors (Lipinski definition) is 6. The number of benzene rings is 2. The third-order valence-electron chi connectivity index (χ3n) is 4.91. The summed E-state index contributed by atoms with van der Waals surface area (Å²) in [5, 5.41) is 2.54. The molecule has 1 atom stereocenters. The van der Waals surface area contributed by atoms with Crippen molar-refractivity contribution in [1.82, 2.24) is 5.32 Å². The van der Waals surface area contributed by atoms with E-state index in [1.165, 1.54) is 0 Å². The second kappa shape index (κ2) is 12.5. The lowest BCUT2D eigenvalue weighted by Crippen LogP contribution is -2.47. The maximum Gasteiger partial charge on any atom is 0.408 e. The van der Waals surface area contributed by atoms with Crippen LogP contribution >= 0.6 is 0 Å². The van der Waals surface area contributed by atoms with Gasteiger partial charge in [-0.2, -0.15) is 0 Å². The van der Waals surface area contributed by atoms with E-state index < -0.39 is 37.6 Å². The number of amides is 1. The molecular formula is C27H37NO6Si. The van der Waals surface area contributed by atoms with Crippen molar-refractivity contribution in [2.75, 3.05) is 6.61 Å². The summed E-state index contributed by atoms with van der Waals surface area (Å²) in [6.07, 6.45) is -0.659. The third-order valence-corrected chi connectivity index (χ3v) is 6.61. The van der Waals surface area contributed by atoms with Crippen molar-refractivity contribution in [2.45, 2.75) is 71.1 Å². The Balaban J connectivity index is 2.05. The fourth-order valence-electron chi connectivity index (χ4n) is 3.02. The number of carbonyl (C=O) groups excluding carboxylic acids is 3. The summed E-state index contributed by atoms with van der Waals surface area (Å²) in [6.45, 7) is 12.3. The van der Waals surface area contributed by atoms with Gasteiger partial charge in [0.05, 0.1) is 6.61 Å². The number of alkyl carbamates (subject to hydrolysis) is 1. The molecule has 35 heavy (non-hydrogen) atoms. The lowest BCUT2D eigenvalue weighted by molar-refractivity contribution is -0.154. The first-order valence-electron chi connectivity index (χ1n) is 11.8. The van der Waals surface area contributed by atoms with Gasteiger partial charge >= 0.3 is 12.1 Å². The number of ketones is 1. The molecule has 190 valence electrons. The summed E-state index contributed by atoms with van der Waals surface area (Å²) in [6, 6.07) is 16.6. The normalized spacial score (nSPS) is 12.4. The fourth-order valence-corrected chi connectivity index (χ4v) is 3.74. The second-order valence-electron chi connectivity index (χ2n) is 10.6. The third kappa shape index (κ3) is 11.2. The van der Waals surface area contributed by atoms with Crippen LogP contribution in [0.1, 0.15) is 31.9 Å². The van der Waals surface area contributed by atoms with E-state index in [2.05, 4.69) is 25.0 Å². The van der Waals surface area contributed by atoms with Crippen LogP contribution in [-0.4, -0.2) is 44.2 Å². The lowest BCUT2D eigenvalue weighted by atomic mass is 10.0. The molecule has 7 nitrogen and oxygen atoms in total. The minimum Gasteiger partial charge on any atom is -0.489 e. The summed E-state index contributed by atoms with van der Waals surface area (Å²) < 4.78 is 16.3. The van der Waals surface area contributed by atoms with Crippen LogP contribution in [0.15, 0.2) is 54.6 Å². The number of esters is 1. The summed E-state index contributed by atoms with van der Waals surface area (Å²) in [7, 11) is -1.42. The van der Waals surface area contributed by atoms with Crippen molar-refractivity contribution in [1.29, 1.82) is 0 Å². The number of ether oxygens (including phenoxy) is 3. The molecule has 0 spiro atoms. The molecule has 1 amide bonds. The average Bonchev–Trinajstić information content (AvgIpc) is 2.76. The van der Waals surface area contributed by atoms with Crippen molar-refractivity contribution in [3.63, 3.8) is 0 Å². The van der Waals surface area contributed by atoms with E-state index in [4.69, 9.17) is 14.2 Å². The molecule has 2 aromatic carbocycles. The molecule has 0 fully saturated rings. The first kappa shape index (κ1) is 28.1. The van der Waals surface area contributed by atoms with Crippen LogP contribution in [0.5, 0.6) is 5.75 Å². The van der Waals surface area contributed by atoms with E-state index in [9.17, 15) is 14.4 Å². The Kier molecular flexibility index (Phi) is 10.1. The van der Waals surface area contributed by atoms with E-state index in [1.807, 2.05) is 30.3 Å². The summed E-state index contributed by atoms with van der Waals surface area (Å²) in [5.41, 5.74) is 1.06. The molecule has 0 aliphatic rings. The summed E-state index contributed by atoms with van der Waals surface area (Å²) in [4.78, 5) is 37.7. The maximum atomic E-state index is 12.9. The highest BCUT2D eigenvalue weighted by atomic mass is 28.3. The van der Waals surface area contributed by atoms with Gasteiger partial charge in [-0.3, -0.25) is 4.79 Å². The Morgan fingerprint density at radius 2 is 1.54 bits per heavy atom. The van der Waals surface area contributed by atoms with E-state index in [0.29, 0.717) is 12.4 Å². The molecule has 0 radical (unpaired) electrons. The van der Waals surface area contributed by atoms with Gasteiger partial charge in [-0.05, 0) is 50.1 Å². The van der Waals surface area contributed by atoms with Gasteiger partial charge in [-0.15, -0.1) is 0 Å². The van der Waals surface area contributed by atoms with Gasteiger partial charge in [0.25, 0.3) is 5.78 Å². The lowest BCUT2D eigenvalue weighted by Gasteiger charge is -2.23. The molecular weight excluding hydrogens is 462 g/mol. The fraction of sp³-hybridized carbons (Fsp3) is 0.444. The maximum absolute atomic E-state index is 12.9. The van der Waals surface area contributed by atoms with Gasteiger partial charge in [-0.25, -0.2) is 9.59 Å². The van der Waals surface area contributed by atoms with Gasteiger partial charge in [0.2, 0.25) is 0 Å². The number of Topliss-reactive ketones (excluding diaryl/α,β-unsaturated/α-hetero) is 1. The molecule has 0 bridgehead atoms. The zero-order valence-corrected chi connectivity index (χ0v) is 22.6. The average molecular weight is 500 g/mol. The minimum absolute atomic E-state index is 0.111. The quantitative estimate of drug-likeness (QED) is 0.261. The van der Waals surface area contributed by atoms with Crippen molar-refractivity contribution in [2.24, 2.45) is 0 Å². The second-order valence-corrected chi connectivity index (χ2v) is 16.3. The van der Waals surface area contributed by atoms with Gasteiger partial charge in [0, 0.05) is 14.5 Å². The van der Waals surface area contributed by atoms with Crippen molar-refractivity contribution >= 4 is 25.9 Å². The summed E-state index contributed by atoms with van der Waals surface area (Å²) in [5.74, 6) is -1.09. The van der Waals surface area contributed by atoms with Crippen LogP contribution in [-0.2, 0) is 32.1 Å². The van der Waals surface area contributed by atoms with Crippen LogP contribution in [0.25, 0.3) is 0 Å². The molecule has 0 aliphatic carbocycles. The van der Waals surface area contributed by atoms with E-state index in [0.717, 1.165) is 17.2 Å². The molecule has 0 saturated heterocycles. The van der Waals surface area contributed by atoms with Gasteiger partial charge in [0.15, 0.2) is 0 Å². The molecule has 2 aromatic rings. The number of nitrogens with one attached hydrogen (secondary N) is 1. The molecule has 1 N–H and O–H groups in total. The zero-order chi connectivity index (χ0) is 26.1. The van der Waals surface area contributed by atoms with Crippen molar-refractivity contribution < 1.29 is 28.6 Å². The molecule has 0 aliphatic heterocycles. The minimum atomic E-state index is -1.42. The van der Waals surface area contributed by atoms with Gasteiger partial charge < -0.3 is 19.5 Å². The van der Waals surface area contributed by atoms with E-state index in [1.54, 1.807) is 45.0 Å². The number of rotatable bonds is 11. The number of hydrogen-bond donors (Lipinski definition) is 1. The highest BCUT2D eigenvalue weighted by Gasteiger charge is 2.30. The van der Waals surface area contributed by atoms with Crippen LogP contribution < -0.4 is 10.1 Å². The Bertz CT molecular complexity index is 977. The van der Waals surface area contributed by atoms with Crippen LogP contribution in [0.2, 0.25) is 25.7 Å². The first-order chi connectivity index (χ1) is 16.3. The van der Waals surface area contributed by atoms with Crippen molar-refractivity contribution in [3.8, 4) is 5.75 Å². The van der Waals surface area contributed by atoms with Crippen molar-refractivity contribution in [3.05, 3.63) is 65.7 Å². The zero-order valence-electron chi connectivity index (χ0n) is 21.6. The molecule has 2 rings (SSSR count). The van der Waals surface area contributed by atoms with Crippen LogP contribution in [0.4, 0.5) is 4.79 Å². The molecule has 0 aromatic heterocycles. The predicted molar refractivity (Wildman–Crippen MR) is 138 cm³/mol. The SMILES string of the molecule is CC(C)(C)OC(=O)N[C@@H](Cc1ccc(OCc2ccccc2)cc1)C(=O)C(=O)OCC[Si](C)(C)C. The van der Waals surface area contributed by atoms with Crippen LogP contribution in [0, 0.1) is 0 Å². The predicted octanol–water partition coefficient (Wildman–Crippen LogP) is 5.15. The highest BCUT2D eigenvalue weighted by molar-refractivity contribution is 6.76. The Labute approximate surface area is 209 Å². The summed E-state index contributed by atoms with van der Waals surface area (Å²) >= 11 is 0. The van der Waals surface area contributed by atoms with E-state index in [-0.39, 0.29) is 13.0 Å². The topological polar surface area (TPSA) is 90.9 Å². The smallest absolute Gasteiger partial charge is 0.408 e. The Hall–Kier alpha value is -3.13. The van der Waals surface area contributed by atoms with Gasteiger partial charge in [0.1, 0.15) is 24.0 Å². The Morgan fingerprint density at radius 1 is 0.914 bits per heavy atom.